The lowest BCUT2D eigenvalue weighted by Gasteiger charge is -2.35. The van der Waals surface area contributed by atoms with Gasteiger partial charge in [-0.3, -0.25) is 4.79 Å². The van der Waals surface area contributed by atoms with Crippen LogP contribution >= 0.6 is 0 Å². The minimum Gasteiger partial charge on any atom is -0.366 e. The minimum atomic E-state index is -4.03. The summed E-state index contributed by atoms with van der Waals surface area (Å²) in [7, 11) is -2.34. The maximum Gasteiger partial charge on any atom is 0.211 e. The van der Waals surface area contributed by atoms with Crippen LogP contribution in [-0.2, 0) is 23.3 Å². The quantitative estimate of drug-likeness (QED) is 0.599. The molecule has 1 saturated heterocycles. The first-order valence-electron chi connectivity index (χ1n) is 10.7. The molecule has 164 valence electrons. The summed E-state index contributed by atoms with van der Waals surface area (Å²) in [4.78, 5) is 14.9. The van der Waals surface area contributed by atoms with Crippen molar-refractivity contribution in [3.8, 4) is 0 Å². The summed E-state index contributed by atoms with van der Waals surface area (Å²) >= 11 is 0. The molecule has 4 rings (SSSR count). The number of aryl methyl sites for hydroxylation is 2. The van der Waals surface area contributed by atoms with Crippen molar-refractivity contribution in [3.63, 3.8) is 0 Å². The number of sulfone groups is 1. The third-order valence-corrected chi connectivity index (χ3v) is 8.03. The Bertz CT molecular complexity index is 1300. The Hall–Kier alpha value is -2.67. The number of hydrogen-bond donors (Lipinski definition) is 0. The largest absolute Gasteiger partial charge is 0.366 e. The average Bonchev–Trinajstić information content (AvgIpc) is 2.76. The molecule has 0 spiro atoms. The number of fused-ring (bicyclic) bond motifs is 1. The summed E-state index contributed by atoms with van der Waals surface area (Å²) in [5, 5.41) is 0.0691. The van der Waals surface area contributed by atoms with Crippen LogP contribution in [0.1, 0.15) is 38.7 Å². The Morgan fingerprint density at radius 3 is 2.48 bits per heavy atom. The summed E-state index contributed by atoms with van der Waals surface area (Å²) in [6, 6.07) is 9.57. The first-order chi connectivity index (χ1) is 14.7. The van der Waals surface area contributed by atoms with E-state index in [-0.39, 0.29) is 21.2 Å². The molecule has 7 heteroatoms. The highest BCUT2D eigenvalue weighted by molar-refractivity contribution is 7.91. The highest BCUT2D eigenvalue weighted by Crippen LogP contribution is 2.31. The maximum absolute atomic E-state index is 15.1. The van der Waals surface area contributed by atoms with Crippen LogP contribution in [0.3, 0.4) is 0 Å². The fourth-order valence-corrected chi connectivity index (χ4v) is 5.76. The first kappa shape index (κ1) is 21.6. The van der Waals surface area contributed by atoms with E-state index in [0.29, 0.717) is 11.2 Å². The van der Waals surface area contributed by atoms with E-state index in [0.717, 1.165) is 37.8 Å². The van der Waals surface area contributed by atoms with Crippen molar-refractivity contribution in [2.75, 3.05) is 11.4 Å². The maximum atomic E-state index is 15.1. The van der Waals surface area contributed by atoms with Crippen molar-refractivity contribution >= 4 is 26.4 Å². The molecule has 0 bridgehead atoms. The lowest BCUT2D eigenvalue weighted by Crippen LogP contribution is -2.38. The summed E-state index contributed by atoms with van der Waals surface area (Å²) in [6.45, 7) is 4.81. The number of rotatable bonds is 4. The molecule has 2 aromatic carbocycles. The molecule has 1 aliphatic heterocycles. The van der Waals surface area contributed by atoms with Crippen LogP contribution in [0.25, 0.3) is 10.9 Å². The number of hydrogen-bond acceptors (Lipinski definition) is 4. The smallest absolute Gasteiger partial charge is 0.211 e. The molecule has 0 saturated carbocycles. The molecule has 0 aliphatic carbocycles. The molecule has 0 amide bonds. The molecular weight excluding hydrogens is 415 g/mol. The summed E-state index contributed by atoms with van der Waals surface area (Å²) in [6.07, 6.45) is 5.23. The zero-order chi connectivity index (χ0) is 22.3. The lowest BCUT2D eigenvalue weighted by atomic mass is 10.0. The van der Waals surface area contributed by atoms with Crippen LogP contribution in [0, 0.1) is 5.82 Å². The minimum absolute atomic E-state index is 0.0559. The van der Waals surface area contributed by atoms with Crippen LogP contribution in [0.2, 0.25) is 0 Å². The van der Waals surface area contributed by atoms with Crippen LogP contribution in [-0.4, -0.2) is 25.6 Å². The average molecular weight is 443 g/mol. The van der Waals surface area contributed by atoms with Gasteiger partial charge in [0.2, 0.25) is 15.3 Å². The van der Waals surface area contributed by atoms with E-state index in [4.69, 9.17) is 0 Å². The molecular formula is C24H27FN2O3S. The number of halogens is 1. The molecule has 5 nitrogen and oxygen atoms in total. The summed E-state index contributed by atoms with van der Waals surface area (Å²) in [5.74, 6) is -0.500. The topological polar surface area (TPSA) is 59.4 Å². The van der Waals surface area contributed by atoms with E-state index >= 15 is 4.39 Å². The van der Waals surface area contributed by atoms with Gasteiger partial charge in [0.05, 0.1) is 21.5 Å². The second kappa shape index (κ2) is 8.11. The third kappa shape index (κ3) is 3.76. The van der Waals surface area contributed by atoms with Crippen molar-refractivity contribution in [2.45, 2.75) is 55.4 Å². The van der Waals surface area contributed by atoms with Gasteiger partial charge in [0.1, 0.15) is 10.7 Å². The molecule has 1 fully saturated rings. The number of piperidine rings is 1. The number of pyridine rings is 1. The number of anilines is 1. The Kier molecular flexibility index (Phi) is 5.64. The van der Waals surface area contributed by atoms with Gasteiger partial charge in [-0.25, -0.2) is 12.8 Å². The SMILES string of the molecule is CCc1ccc(S(=O)(=O)c2cn(C)c3cc(N4CCCC[C@H]4C)c(F)cc3c2=O)cc1. The zero-order valence-electron chi connectivity index (χ0n) is 18.1. The van der Waals surface area contributed by atoms with Gasteiger partial charge in [0, 0.05) is 25.8 Å². The lowest BCUT2D eigenvalue weighted by molar-refractivity contribution is 0.476. The van der Waals surface area contributed by atoms with Crippen LogP contribution in [0.4, 0.5) is 10.1 Å². The summed E-state index contributed by atoms with van der Waals surface area (Å²) < 4.78 is 43.0. The third-order valence-electron chi connectivity index (χ3n) is 6.27. The Labute approximate surface area is 182 Å². The Morgan fingerprint density at radius 2 is 1.84 bits per heavy atom. The zero-order valence-corrected chi connectivity index (χ0v) is 18.9. The highest BCUT2D eigenvalue weighted by atomic mass is 32.2. The number of benzene rings is 2. The molecule has 2 heterocycles. The highest BCUT2D eigenvalue weighted by Gasteiger charge is 2.26. The van der Waals surface area contributed by atoms with Crippen LogP contribution in [0.15, 0.2) is 57.2 Å². The normalized spacial score (nSPS) is 17.3. The van der Waals surface area contributed by atoms with Gasteiger partial charge in [0.25, 0.3) is 0 Å². The van der Waals surface area contributed by atoms with Crippen molar-refractivity contribution < 1.29 is 12.8 Å². The second-order valence-corrected chi connectivity index (χ2v) is 10.2. The van der Waals surface area contributed by atoms with Crippen LogP contribution in [0.5, 0.6) is 0 Å². The van der Waals surface area contributed by atoms with Gasteiger partial charge in [-0.2, -0.15) is 0 Å². The molecule has 0 radical (unpaired) electrons. The van der Waals surface area contributed by atoms with Gasteiger partial charge in [-0.1, -0.05) is 19.1 Å². The standard InChI is InChI=1S/C24H27FN2O3S/c1-4-17-8-10-18(11-9-17)31(29,30)23-15-26(3)21-14-22(20(25)13-19(21)24(23)28)27-12-6-5-7-16(27)2/h8-11,13-16H,4-7,12H2,1-3H3/t16-/m1/s1. The molecule has 0 N–H and O–H groups in total. The Morgan fingerprint density at radius 1 is 1.13 bits per heavy atom. The van der Waals surface area contributed by atoms with Gasteiger partial charge in [0.15, 0.2) is 0 Å². The predicted octanol–water partition coefficient (Wildman–Crippen LogP) is 4.45. The van der Waals surface area contributed by atoms with E-state index in [2.05, 4.69) is 6.92 Å². The Balaban J connectivity index is 1.87. The van der Waals surface area contributed by atoms with Gasteiger partial charge in [-0.15, -0.1) is 0 Å². The van der Waals surface area contributed by atoms with E-state index < -0.39 is 21.1 Å². The van der Waals surface area contributed by atoms with E-state index in [9.17, 15) is 13.2 Å². The van der Waals surface area contributed by atoms with Crippen molar-refractivity contribution in [3.05, 3.63) is 64.2 Å². The van der Waals surface area contributed by atoms with Gasteiger partial charge in [-0.05, 0) is 62.4 Å². The molecule has 0 unspecified atom stereocenters. The predicted molar refractivity (Wildman–Crippen MR) is 121 cm³/mol. The molecule has 1 aromatic heterocycles. The molecule has 31 heavy (non-hydrogen) atoms. The van der Waals surface area contributed by atoms with Crippen molar-refractivity contribution in [2.24, 2.45) is 7.05 Å². The molecule has 1 atom stereocenters. The van der Waals surface area contributed by atoms with Crippen LogP contribution < -0.4 is 10.3 Å². The van der Waals surface area contributed by atoms with Crippen molar-refractivity contribution in [1.82, 2.24) is 4.57 Å². The number of nitrogens with zero attached hydrogens (tertiary/aromatic N) is 2. The fraction of sp³-hybridized carbons (Fsp3) is 0.375. The summed E-state index contributed by atoms with van der Waals surface area (Å²) in [5.41, 5.74) is 1.30. The fourth-order valence-electron chi connectivity index (χ4n) is 4.36. The van der Waals surface area contributed by atoms with E-state index in [1.165, 1.54) is 24.4 Å². The van der Waals surface area contributed by atoms with Gasteiger partial charge < -0.3 is 9.47 Å². The first-order valence-corrected chi connectivity index (χ1v) is 12.2. The number of aromatic nitrogens is 1. The van der Waals surface area contributed by atoms with E-state index in [1.807, 2.05) is 11.8 Å². The molecule has 1 aliphatic rings. The molecule has 3 aromatic rings. The van der Waals surface area contributed by atoms with E-state index in [1.54, 1.807) is 29.8 Å². The van der Waals surface area contributed by atoms with Gasteiger partial charge >= 0.3 is 0 Å². The second-order valence-electron chi connectivity index (χ2n) is 8.29. The monoisotopic (exact) mass is 442 g/mol. The van der Waals surface area contributed by atoms with Crippen molar-refractivity contribution in [1.29, 1.82) is 0 Å².